The third-order valence-electron chi connectivity index (χ3n) is 1.88. The first-order valence-electron chi connectivity index (χ1n) is 5.53. The zero-order chi connectivity index (χ0) is 17.9. The highest BCUT2D eigenvalue weighted by Gasteiger charge is 2.00. The summed E-state index contributed by atoms with van der Waals surface area (Å²) in [6, 6.07) is 14.1. The maximum absolute atomic E-state index is 8.52. The van der Waals surface area contributed by atoms with Crippen LogP contribution in [0.25, 0.3) is 9.95 Å². The molecule has 0 aliphatic heterocycles. The van der Waals surface area contributed by atoms with E-state index in [-0.39, 0.29) is 0 Å². The summed E-state index contributed by atoms with van der Waals surface area (Å²) in [4.78, 5) is 5.98. The molecule has 0 fully saturated rings. The van der Waals surface area contributed by atoms with Gasteiger partial charge >= 0.3 is 11.4 Å². The van der Waals surface area contributed by atoms with E-state index in [0.717, 1.165) is 8.95 Å². The van der Waals surface area contributed by atoms with Gasteiger partial charge in [0, 0.05) is 43.6 Å². The highest BCUT2D eigenvalue weighted by molar-refractivity contribution is 9.10. The molecular formula is C12H8Br2N4O4S. The van der Waals surface area contributed by atoms with E-state index < -0.39 is 10.4 Å². The Morgan fingerprint density at radius 3 is 1.13 bits per heavy atom. The number of hydrogen-bond acceptors (Lipinski definition) is 6. The summed E-state index contributed by atoms with van der Waals surface area (Å²) >= 11 is 6.50. The van der Waals surface area contributed by atoms with E-state index in [1.165, 1.54) is 0 Å². The van der Waals surface area contributed by atoms with Gasteiger partial charge in [-0.25, -0.2) is 0 Å². The molecule has 0 bridgehead atoms. The minimum Gasteiger partial charge on any atom is -0.759 e. The molecule has 0 aromatic heterocycles. The Balaban J connectivity index is 0.000000332. The van der Waals surface area contributed by atoms with Crippen molar-refractivity contribution in [1.82, 2.24) is 0 Å². The van der Waals surface area contributed by atoms with Crippen LogP contribution in [0.1, 0.15) is 0 Å². The van der Waals surface area contributed by atoms with Gasteiger partial charge in [-0.2, -0.15) is 0 Å². The fourth-order valence-corrected chi connectivity index (χ4v) is 1.54. The van der Waals surface area contributed by atoms with E-state index in [9.17, 15) is 0 Å². The second kappa shape index (κ2) is 10.8. The Morgan fingerprint density at radius 1 is 0.739 bits per heavy atom. The average Bonchev–Trinajstić information content (AvgIpc) is 2.48. The first-order valence-corrected chi connectivity index (χ1v) is 8.45. The molecule has 0 unspecified atom stereocenters. The van der Waals surface area contributed by atoms with E-state index in [0.29, 0.717) is 11.4 Å². The number of nitrogens with zero attached hydrogens (tertiary/aromatic N) is 4. The van der Waals surface area contributed by atoms with Crippen LogP contribution in [-0.4, -0.2) is 17.5 Å². The second-order valence-electron chi connectivity index (χ2n) is 3.56. The van der Waals surface area contributed by atoms with Gasteiger partial charge < -0.3 is 9.11 Å². The third kappa shape index (κ3) is 13.5. The standard InChI is InChI=1S/2C6H4BrN2.H2O4S/c2*7-5-1-3-6(9-8)4-2-5;1-5(2,3)4/h2*1-4H;(H2,1,2,3,4)/q2*+1;/p-2. The van der Waals surface area contributed by atoms with Crippen molar-refractivity contribution in [2.75, 3.05) is 0 Å². The summed E-state index contributed by atoms with van der Waals surface area (Å²) in [5.74, 6) is 0. The topological polar surface area (TPSA) is 137 Å². The minimum absolute atomic E-state index is 0.568. The molecule has 0 aliphatic carbocycles. The largest absolute Gasteiger partial charge is 0.759 e. The van der Waals surface area contributed by atoms with Crippen LogP contribution in [0.3, 0.4) is 0 Å². The fraction of sp³-hybridized carbons (Fsp3) is 0. The predicted molar refractivity (Wildman–Crippen MR) is 88.2 cm³/mol. The second-order valence-corrected chi connectivity index (χ2v) is 6.21. The highest BCUT2D eigenvalue weighted by atomic mass is 79.9. The van der Waals surface area contributed by atoms with E-state index in [4.69, 9.17) is 28.3 Å². The quantitative estimate of drug-likeness (QED) is 0.319. The van der Waals surface area contributed by atoms with Crippen molar-refractivity contribution in [2.24, 2.45) is 0 Å². The number of rotatable bonds is 0. The lowest BCUT2D eigenvalue weighted by atomic mass is 10.3. The molecule has 0 radical (unpaired) electrons. The van der Waals surface area contributed by atoms with E-state index in [1.54, 1.807) is 24.3 Å². The summed E-state index contributed by atoms with van der Waals surface area (Å²) in [5.41, 5.74) is 1.14. The van der Waals surface area contributed by atoms with Crippen LogP contribution in [0, 0.1) is 10.8 Å². The van der Waals surface area contributed by atoms with Gasteiger partial charge in [-0.15, -0.1) is 0 Å². The molecule has 0 aliphatic rings. The van der Waals surface area contributed by atoms with Crippen LogP contribution < -0.4 is 0 Å². The SMILES string of the molecule is N#[N+]c1ccc(Br)cc1.N#[N+]c1ccc(Br)cc1.O=S(=O)([O-])[O-]. The summed E-state index contributed by atoms with van der Waals surface area (Å²) in [7, 11) is -5.17. The Morgan fingerprint density at radius 2 is 0.957 bits per heavy atom. The van der Waals surface area contributed by atoms with Gasteiger partial charge in [-0.1, -0.05) is 31.9 Å². The lowest BCUT2D eigenvalue weighted by Gasteiger charge is -2.06. The van der Waals surface area contributed by atoms with E-state index in [2.05, 4.69) is 41.8 Å². The molecule has 0 atom stereocenters. The molecule has 23 heavy (non-hydrogen) atoms. The van der Waals surface area contributed by atoms with Gasteiger partial charge in [0.15, 0.2) is 9.95 Å². The molecule has 11 heteroatoms. The highest BCUT2D eigenvalue weighted by Crippen LogP contribution is 2.16. The summed E-state index contributed by atoms with van der Waals surface area (Å²) in [6.45, 7) is 0. The first-order chi connectivity index (χ1) is 10.7. The predicted octanol–water partition coefficient (Wildman–Crippen LogP) is 4.53. The Bertz CT molecular complexity index is 733. The Labute approximate surface area is 149 Å². The molecule has 8 nitrogen and oxygen atoms in total. The molecule has 0 amide bonds. The first kappa shape index (κ1) is 21.1. The zero-order valence-electron chi connectivity index (χ0n) is 11.2. The Hall–Kier alpha value is -1.89. The summed E-state index contributed by atoms with van der Waals surface area (Å²) in [6.07, 6.45) is 0. The van der Waals surface area contributed by atoms with Crippen molar-refractivity contribution in [1.29, 1.82) is 10.8 Å². The lowest BCUT2D eigenvalue weighted by molar-refractivity contribution is 0.352. The number of benzene rings is 2. The molecule has 2 aromatic rings. The van der Waals surface area contributed by atoms with Crippen LogP contribution in [0.4, 0.5) is 11.4 Å². The van der Waals surface area contributed by atoms with Gasteiger partial charge in [0.25, 0.3) is 0 Å². The van der Waals surface area contributed by atoms with Gasteiger partial charge in [-0.05, 0) is 24.3 Å². The van der Waals surface area contributed by atoms with Gasteiger partial charge in [0.1, 0.15) is 0 Å². The van der Waals surface area contributed by atoms with E-state index in [1.807, 2.05) is 24.3 Å². The van der Waals surface area contributed by atoms with Crippen LogP contribution in [0.15, 0.2) is 57.5 Å². The number of diazo groups is 2. The van der Waals surface area contributed by atoms with Crippen LogP contribution in [0.5, 0.6) is 0 Å². The van der Waals surface area contributed by atoms with Crippen molar-refractivity contribution in [3.05, 3.63) is 67.4 Å². The van der Waals surface area contributed by atoms with E-state index >= 15 is 0 Å². The smallest absolute Gasteiger partial charge is 0.385 e. The van der Waals surface area contributed by atoms with Crippen molar-refractivity contribution >= 4 is 53.6 Å². The van der Waals surface area contributed by atoms with Crippen LogP contribution in [0.2, 0.25) is 0 Å². The van der Waals surface area contributed by atoms with Gasteiger partial charge in [0.05, 0.1) is 0 Å². The number of hydrogen-bond donors (Lipinski definition) is 0. The van der Waals surface area contributed by atoms with Crippen molar-refractivity contribution in [2.45, 2.75) is 0 Å². The molecule has 0 N–H and O–H groups in total. The minimum atomic E-state index is -5.17. The fourth-order valence-electron chi connectivity index (χ4n) is 1.02. The average molecular weight is 464 g/mol. The summed E-state index contributed by atoms with van der Waals surface area (Å²) in [5, 5.41) is 16.5. The van der Waals surface area contributed by atoms with Crippen molar-refractivity contribution < 1.29 is 17.5 Å². The number of halogens is 2. The van der Waals surface area contributed by atoms with Gasteiger partial charge in [-0.3, -0.25) is 8.42 Å². The van der Waals surface area contributed by atoms with Crippen LogP contribution in [-0.2, 0) is 10.4 Å². The Kier molecular flexibility index (Phi) is 9.89. The molecule has 120 valence electrons. The maximum Gasteiger partial charge on any atom is 0.385 e. The third-order valence-corrected chi connectivity index (χ3v) is 2.94. The maximum atomic E-state index is 8.52. The van der Waals surface area contributed by atoms with Crippen LogP contribution >= 0.6 is 31.9 Å². The molecule has 0 spiro atoms. The zero-order valence-corrected chi connectivity index (χ0v) is 15.2. The van der Waals surface area contributed by atoms with Crippen molar-refractivity contribution in [3.63, 3.8) is 0 Å². The molecule has 2 rings (SSSR count). The molecule has 0 saturated carbocycles. The monoisotopic (exact) mass is 462 g/mol. The molecule has 2 aromatic carbocycles. The lowest BCUT2D eigenvalue weighted by Crippen LogP contribution is -1.91. The summed E-state index contributed by atoms with van der Waals surface area (Å²) < 4.78 is 36.0. The normalized spacial score (nSPS) is 9.13. The molecule has 0 saturated heterocycles. The van der Waals surface area contributed by atoms with Crippen molar-refractivity contribution in [3.8, 4) is 0 Å². The molecule has 0 heterocycles. The van der Waals surface area contributed by atoms with Gasteiger partial charge in [0.2, 0.25) is 10.8 Å². The molecular weight excluding hydrogens is 456 g/mol.